The topological polar surface area (TPSA) is 77.0 Å². The highest BCUT2D eigenvalue weighted by atomic mass is 15.3. The highest BCUT2D eigenvalue weighted by Gasteiger charge is 2.21. The van der Waals surface area contributed by atoms with Gasteiger partial charge in [0.15, 0.2) is 0 Å². The van der Waals surface area contributed by atoms with E-state index in [9.17, 15) is 0 Å². The molecule has 234 valence electrons. The van der Waals surface area contributed by atoms with Crippen LogP contribution in [0.1, 0.15) is 29.2 Å². The van der Waals surface area contributed by atoms with Gasteiger partial charge in [-0.1, -0.05) is 115 Å². The summed E-state index contributed by atoms with van der Waals surface area (Å²) in [6.45, 7) is 0. The van der Waals surface area contributed by atoms with Crippen molar-refractivity contribution in [2.45, 2.75) is 12.3 Å². The van der Waals surface area contributed by atoms with E-state index in [1.807, 2.05) is 42.6 Å². The molecule has 6 aromatic carbocycles. The molecule has 49 heavy (non-hydrogen) atoms. The molecule has 0 bridgehead atoms. The van der Waals surface area contributed by atoms with Gasteiger partial charge in [0.05, 0.1) is 34.0 Å². The van der Waals surface area contributed by atoms with Crippen molar-refractivity contribution >= 4 is 49.4 Å². The van der Waals surface area contributed by atoms with Crippen LogP contribution in [0, 0.1) is 0 Å². The summed E-state index contributed by atoms with van der Waals surface area (Å²) in [6, 6.07) is 53.0. The second-order valence-electron chi connectivity index (χ2n) is 12.4. The molecule has 0 saturated heterocycles. The van der Waals surface area contributed by atoms with Crippen LogP contribution in [0.4, 0.5) is 0 Å². The Hall–Kier alpha value is -6.44. The first kappa shape index (κ1) is 27.7. The molecule has 4 heterocycles. The largest absolute Gasteiger partial charge is 0.444 e. The predicted molar refractivity (Wildman–Crippen MR) is 199 cm³/mol. The average Bonchev–Trinajstić information content (AvgIpc) is 3.87. The normalized spacial score (nSPS) is 16.4. The number of H-pyrrole nitrogens is 1. The number of amidine groups is 1. The van der Waals surface area contributed by atoms with Crippen molar-refractivity contribution in [3.63, 3.8) is 0 Å². The van der Waals surface area contributed by atoms with Crippen molar-refractivity contribution in [2.75, 3.05) is 0 Å². The van der Waals surface area contributed by atoms with E-state index in [0.29, 0.717) is 11.8 Å². The average molecular weight is 633 g/mol. The van der Waals surface area contributed by atoms with Crippen molar-refractivity contribution in [1.29, 1.82) is 0 Å². The number of aromatic nitrogens is 4. The minimum absolute atomic E-state index is 0.257. The first-order valence-electron chi connectivity index (χ1n) is 16.5. The number of hydrogen-bond donors (Lipinski definition) is 2. The smallest absolute Gasteiger partial charge is 0.212 e. The SMILES string of the molecule is c1ccc(C2N=C(c3cnc(-n4c5ccccc5c5cc6c7ccccc7n(-c7ccccc7)c6cc54)[nH]3)[N-]C(c3ccccc3)N2)cc1. The molecule has 3 aromatic heterocycles. The molecule has 0 amide bonds. The van der Waals surface area contributed by atoms with Gasteiger partial charge in [-0.25, -0.2) is 4.98 Å². The zero-order valence-electron chi connectivity index (χ0n) is 26.4. The van der Waals surface area contributed by atoms with Crippen molar-refractivity contribution in [2.24, 2.45) is 4.99 Å². The van der Waals surface area contributed by atoms with Crippen molar-refractivity contribution in [3.05, 3.63) is 180 Å². The van der Waals surface area contributed by atoms with E-state index < -0.39 is 0 Å². The van der Waals surface area contributed by atoms with E-state index >= 15 is 0 Å². The highest BCUT2D eigenvalue weighted by Crippen LogP contribution is 2.39. The van der Waals surface area contributed by atoms with Gasteiger partial charge in [0.1, 0.15) is 0 Å². The van der Waals surface area contributed by atoms with Crippen LogP contribution in [0.2, 0.25) is 0 Å². The highest BCUT2D eigenvalue weighted by molar-refractivity contribution is 6.19. The molecular formula is C42H30N7-. The molecule has 1 aliphatic heterocycles. The van der Waals surface area contributed by atoms with Crippen LogP contribution >= 0.6 is 0 Å². The number of nitrogens with zero attached hydrogens (tertiary/aromatic N) is 5. The molecule has 0 aliphatic carbocycles. The lowest BCUT2D eigenvalue weighted by atomic mass is 10.1. The zero-order chi connectivity index (χ0) is 32.3. The lowest BCUT2D eigenvalue weighted by Crippen LogP contribution is -2.31. The molecule has 0 fully saturated rings. The maximum Gasteiger partial charge on any atom is 0.212 e. The Morgan fingerprint density at radius 1 is 0.531 bits per heavy atom. The van der Waals surface area contributed by atoms with Crippen molar-refractivity contribution in [1.82, 2.24) is 24.4 Å². The summed E-state index contributed by atoms with van der Waals surface area (Å²) in [6.07, 6.45) is 1.34. The minimum Gasteiger partial charge on any atom is -0.444 e. The van der Waals surface area contributed by atoms with Crippen molar-refractivity contribution in [3.8, 4) is 11.6 Å². The van der Waals surface area contributed by atoms with E-state index in [2.05, 4.69) is 135 Å². The first-order valence-corrected chi connectivity index (χ1v) is 16.5. The lowest BCUT2D eigenvalue weighted by molar-refractivity contribution is 0.488. The van der Waals surface area contributed by atoms with Gasteiger partial charge in [-0.15, -0.1) is 0 Å². The fourth-order valence-electron chi connectivity index (χ4n) is 7.31. The summed E-state index contributed by atoms with van der Waals surface area (Å²) < 4.78 is 4.58. The molecule has 1 aliphatic rings. The number of benzene rings is 6. The molecule has 0 spiro atoms. The number of para-hydroxylation sites is 3. The Kier molecular flexibility index (Phi) is 6.25. The fraction of sp³-hybridized carbons (Fsp3) is 0.0476. The molecular weight excluding hydrogens is 603 g/mol. The van der Waals surface area contributed by atoms with Gasteiger partial charge in [0.2, 0.25) is 5.95 Å². The Morgan fingerprint density at radius 2 is 1.10 bits per heavy atom. The Balaban J connectivity index is 1.16. The molecule has 7 heteroatoms. The number of aliphatic imine (C=N–C) groups is 1. The van der Waals surface area contributed by atoms with Gasteiger partial charge in [0.25, 0.3) is 0 Å². The van der Waals surface area contributed by atoms with Crippen LogP contribution in [0.5, 0.6) is 0 Å². The van der Waals surface area contributed by atoms with Gasteiger partial charge in [0, 0.05) is 39.6 Å². The Bertz CT molecular complexity index is 2670. The lowest BCUT2D eigenvalue weighted by Gasteiger charge is -2.40. The van der Waals surface area contributed by atoms with Crippen LogP contribution in [0.15, 0.2) is 163 Å². The van der Waals surface area contributed by atoms with Crippen LogP contribution in [-0.4, -0.2) is 24.9 Å². The molecule has 2 unspecified atom stereocenters. The number of imidazole rings is 1. The van der Waals surface area contributed by atoms with Crippen LogP contribution in [0.25, 0.3) is 60.6 Å². The van der Waals surface area contributed by atoms with Gasteiger partial charge >= 0.3 is 0 Å². The third-order valence-electron chi connectivity index (χ3n) is 9.54. The van der Waals surface area contributed by atoms with E-state index in [1.54, 1.807) is 0 Å². The summed E-state index contributed by atoms with van der Waals surface area (Å²) in [5, 5.41) is 13.5. The van der Waals surface area contributed by atoms with E-state index in [-0.39, 0.29) is 12.3 Å². The van der Waals surface area contributed by atoms with Crippen LogP contribution in [-0.2, 0) is 0 Å². The van der Waals surface area contributed by atoms with Crippen molar-refractivity contribution < 1.29 is 0 Å². The van der Waals surface area contributed by atoms with Gasteiger partial charge in [-0.2, -0.15) is 0 Å². The number of hydrogen-bond acceptors (Lipinski definition) is 3. The molecule has 7 nitrogen and oxygen atoms in total. The summed E-state index contributed by atoms with van der Waals surface area (Å²) in [5.74, 6) is 1.35. The summed E-state index contributed by atoms with van der Waals surface area (Å²) in [7, 11) is 0. The van der Waals surface area contributed by atoms with Crippen LogP contribution in [0.3, 0.4) is 0 Å². The maximum atomic E-state index is 5.08. The second-order valence-corrected chi connectivity index (χ2v) is 12.4. The minimum atomic E-state index is -0.257. The zero-order valence-corrected chi connectivity index (χ0v) is 26.4. The van der Waals surface area contributed by atoms with Gasteiger partial charge < -0.3 is 25.2 Å². The number of nitrogens with one attached hydrogen (secondary N) is 2. The molecule has 2 N–H and O–H groups in total. The van der Waals surface area contributed by atoms with E-state index in [1.165, 1.54) is 27.1 Å². The third-order valence-corrected chi connectivity index (χ3v) is 9.54. The van der Waals surface area contributed by atoms with Gasteiger partial charge in [-0.3, -0.25) is 4.57 Å². The summed E-state index contributed by atoms with van der Waals surface area (Å²) >= 11 is 0. The number of aromatic amines is 1. The monoisotopic (exact) mass is 632 g/mol. The van der Waals surface area contributed by atoms with E-state index in [0.717, 1.165) is 39.1 Å². The Labute approximate surface area is 282 Å². The van der Waals surface area contributed by atoms with E-state index in [4.69, 9.17) is 15.3 Å². The molecule has 2 atom stereocenters. The molecule has 10 rings (SSSR count). The summed E-state index contributed by atoms with van der Waals surface area (Å²) in [5.41, 5.74) is 8.53. The molecule has 9 aromatic rings. The quantitative estimate of drug-likeness (QED) is 0.198. The van der Waals surface area contributed by atoms with Gasteiger partial charge in [-0.05, 0) is 53.4 Å². The molecule has 0 radical (unpaired) electrons. The predicted octanol–water partition coefficient (Wildman–Crippen LogP) is 9.72. The Morgan fingerprint density at radius 3 is 1.80 bits per heavy atom. The number of rotatable bonds is 5. The maximum absolute atomic E-state index is 5.08. The third kappa shape index (κ3) is 4.47. The first-order chi connectivity index (χ1) is 24.3. The summed E-state index contributed by atoms with van der Waals surface area (Å²) in [4.78, 5) is 13.7. The second kappa shape index (κ2) is 11.1. The van der Waals surface area contributed by atoms with Crippen LogP contribution < -0.4 is 5.32 Å². The molecule has 0 saturated carbocycles. The number of fused-ring (bicyclic) bond motifs is 6. The fourth-order valence-corrected chi connectivity index (χ4v) is 7.31. The standard InChI is InChI=1S/C42H30N7/c1-4-14-27(15-5-1)39-45-40(28-16-6-2-7-17-28)47-41(46-39)34-26-43-42(44-34)49-36-23-13-11-21-31(36)33-24-32-30-20-10-12-22-35(30)48(37(32)25-38(33)49)29-18-8-3-9-19-29/h1-26,39-40,45H,(H-,43,44,46,47)/q-1.